The predicted molar refractivity (Wildman–Crippen MR) is 66.7 cm³/mol. The minimum absolute atomic E-state index is 0. The zero-order chi connectivity index (χ0) is 11.1. The number of hydrogen-bond acceptors (Lipinski definition) is 0. The molecule has 2 nitrogen and oxygen atoms in total. The lowest BCUT2D eigenvalue weighted by Gasteiger charge is -1.92. The Bertz CT molecular complexity index is 676. The molecule has 2 aromatic heterocycles. The van der Waals surface area contributed by atoms with Gasteiger partial charge in [0, 0.05) is 27.4 Å². The molecule has 0 bridgehead atoms. The van der Waals surface area contributed by atoms with Crippen molar-refractivity contribution in [3.05, 3.63) is 41.7 Å². The first kappa shape index (κ1) is 12.6. The number of H-pyrrole nitrogens is 1. The fraction of sp³-hybridized carbons (Fsp3) is 0.154. The highest BCUT2D eigenvalue weighted by Crippen LogP contribution is 2.26. The van der Waals surface area contributed by atoms with Crippen LogP contribution >= 0.6 is 11.6 Å². The first-order valence-electron chi connectivity index (χ1n) is 5.38. The fourth-order valence-corrected chi connectivity index (χ4v) is 2.24. The number of nitrogens with one attached hydrogen (secondary N) is 1. The number of pyridine rings is 1. The summed E-state index contributed by atoms with van der Waals surface area (Å²) >= 11 is 6.02. The summed E-state index contributed by atoms with van der Waals surface area (Å²) < 4.78 is 2.15. The van der Waals surface area contributed by atoms with E-state index < -0.39 is 0 Å². The normalized spacial score (nSPS) is 10.7. The van der Waals surface area contributed by atoms with E-state index in [1.54, 1.807) is 0 Å². The Morgan fingerprint density at radius 2 is 2.00 bits per heavy atom. The van der Waals surface area contributed by atoms with Crippen LogP contribution in [0.5, 0.6) is 0 Å². The second-order valence-corrected chi connectivity index (χ2v) is 4.35. The van der Waals surface area contributed by atoms with Crippen molar-refractivity contribution in [2.75, 3.05) is 0 Å². The number of nitrogens with zero attached hydrogens (tertiary/aromatic N) is 1. The van der Waals surface area contributed by atoms with Gasteiger partial charge in [0.2, 0.25) is 0 Å². The van der Waals surface area contributed by atoms with E-state index in [1.165, 1.54) is 10.8 Å². The zero-order valence-electron chi connectivity index (χ0n) is 9.37. The van der Waals surface area contributed by atoms with Gasteiger partial charge in [0.1, 0.15) is 12.1 Å². The van der Waals surface area contributed by atoms with Crippen molar-refractivity contribution in [1.82, 2.24) is 4.98 Å². The van der Waals surface area contributed by atoms with Gasteiger partial charge in [-0.1, -0.05) is 11.6 Å². The molecule has 0 aliphatic heterocycles. The smallest absolute Gasteiger partial charge is 0.193 e. The maximum Gasteiger partial charge on any atom is 0.193 e. The van der Waals surface area contributed by atoms with E-state index in [0.717, 1.165) is 22.6 Å². The molecule has 0 saturated carbocycles. The van der Waals surface area contributed by atoms with Crippen LogP contribution in [0.1, 0.15) is 6.92 Å². The van der Waals surface area contributed by atoms with Gasteiger partial charge in [0.05, 0.1) is 0 Å². The molecule has 0 amide bonds. The molecule has 0 saturated heterocycles. The minimum Gasteiger partial charge on any atom is -1.00 e. The Labute approximate surface area is 122 Å². The van der Waals surface area contributed by atoms with Crippen LogP contribution in [0.4, 0.5) is 0 Å². The summed E-state index contributed by atoms with van der Waals surface area (Å²) in [5.41, 5.74) is 2.29. The summed E-state index contributed by atoms with van der Waals surface area (Å²) in [6.07, 6.45) is 4.22. The number of aromatic amines is 1. The van der Waals surface area contributed by atoms with Gasteiger partial charge < -0.3 is 29.0 Å². The molecule has 17 heavy (non-hydrogen) atoms. The van der Waals surface area contributed by atoms with E-state index >= 15 is 0 Å². The molecule has 0 fully saturated rings. The van der Waals surface area contributed by atoms with Gasteiger partial charge in [-0.3, -0.25) is 0 Å². The van der Waals surface area contributed by atoms with E-state index in [-0.39, 0.29) is 24.0 Å². The maximum absolute atomic E-state index is 6.02. The number of aromatic nitrogens is 2. The van der Waals surface area contributed by atoms with Crippen molar-refractivity contribution in [3.8, 4) is 0 Å². The summed E-state index contributed by atoms with van der Waals surface area (Å²) in [6.45, 7) is 3.11. The van der Waals surface area contributed by atoms with Gasteiger partial charge in [0.25, 0.3) is 0 Å². The molecule has 88 valence electrons. The Morgan fingerprint density at radius 1 is 1.18 bits per heavy atom. The van der Waals surface area contributed by atoms with Crippen LogP contribution in [-0.4, -0.2) is 4.98 Å². The number of hydrogen-bond donors (Lipinski definition) is 1. The molecule has 2 heterocycles. The lowest BCUT2D eigenvalue weighted by molar-refractivity contribution is -0.692. The predicted octanol–water partition coefficient (Wildman–Crippen LogP) is 0.286. The average Bonchev–Trinajstić information content (AvgIpc) is 2.66. The molecule has 0 atom stereocenters. The molecule has 0 spiro atoms. The number of benzene rings is 1. The summed E-state index contributed by atoms with van der Waals surface area (Å²) in [7, 11) is 0. The van der Waals surface area contributed by atoms with E-state index in [0.29, 0.717) is 0 Å². The number of rotatable bonds is 1. The second-order valence-electron chi connectivity index (χ2n) is 3.92. The van der Waals surface area contributed by atoms with Gasteiger partial charge in [-0.25, -0.2) is 4.57 Å². The van der Waals surface area contributed by atoms with E-state index in [2.05, 4.69) is 34.9 Å². The van der Waals surface area contributed by atoms with Crippen LogP contribution < -0.4 is 28.5 Å². The lowest BCUT2D eigenvalue weighted by Crippen LogP contribution is -3.00. The lowest BCUT2D eigenvalue weighted by atomic mass is 10.2. The first-order valence-corrected chi connectivity index (χ1v) is 5.76. The Morgan fingerprint density at radius 3 is 2.76 bits per heavy atom. The second kappa shape index (κ2) is 4.82. The standard InChI is InChI=1S/C13H11ClN2.HI/c1-2-16-6-5-10-11-7-9(14)3-4-12(11)15-13(10)8-16;/h3-8H,2H2,1H3;1H. The van der Waals surface area contributed by atoms with Crippen molar-refractivity contribution in [3.63, 3.8) is 0 Å². The summed E-state index contributed by atoms with van der Waals surface area (Å²) in [4.78, 5) is 3.40. The van der Waals surface area contributed by atoms with Crippen molar-refractivity contribution in [2.24, 2.45) is 0 Å². The van der Waals surface area contributed by atoms with Crippen molar-refractivity contribution < 1.29 is 28.5 Å². The molecule has 1 aromatic carbocycles. The largest absolute Gasteiger partial charge is 1.00 e. The highest BCUT2D eigenvalue weighted by molar-refractivity contribution is 6.31. The minimum atomic E-state index is 0. The molecule has 0 unspecified atom stereocenters. The number of fused-ring (bicyclic) bond motifs is 3. The van der Waals surface area contributed by atoms with Crippen LogP contribution in [0.15, 0.2) is 36.7 Å². The number of aryl methyl sites for hydroxylation is 1. The molecule has 0 aliphatic rings. The molecule has 0 radical (unpaired) electrons. The number of halogens is 2. The third-order valence-electron chi connectivity index (χ3n) is 2.92. The van der Waals surface area contributed by atoms with Crippen LogP contribution in [0, 0.1) is 0 Å². The summed E-state index contributed by atoms with van der Waals surface area (Å²) in [6, 6.07) is 8.07. The average molecular weight is 359 g/mol. The maximum atomic E-state index is 6.02. The molecule has 3 aromatic rings. The summed E-state index contributed by atoms with van der Waals surface area (Å²) in [5.74, 6) is 0. The SMILES string of the molecule is CC[n+]1ccc2c(c1)[nH]c1ccc(Cl)cc12.[I-]. The molecule has 3 rings (SSSR count). The van der Waals surface area contributed by atoms with Gasteiger partial charge in [-0.15, -0.1) is 0 Å². The highest BCUT2D eigenvalue weighted by Gasteiger charge is 2.08. The van der Waals surface area contributed by atoms with Crippen molar-refractivity contribution in [2.45, 2.75) is 13.5 Å². The van der Waals surface area contributed by atoms with Gasteiger partial charge >= 0.3 is 0 Å². The molecule has 4 heteroatoms. The summed E-state index contributed by atoms with van der Waals surface area (Å²) in [5, 5.41) is 3.19. The van der Waals surface area contributed by atoms with E-state index in [9.17, 15) is 0 Å². The van der Waals surface area contributed by atoms with Crippen molar-refractivity contribution in [1.29, 1.82) is 0 Å². The Balaban J connectivity index is 0.00000108. The molecule has 0 aliphatic carbocycles. The van der Waals surface area contributed by atoms with Crippen LogP contribution in [0.2, 0.25) is 5.02 Å². The molecule has 1 N–H and O–H groups in total. The van der Waals surface area contributed by atoms with Crippen LogP contribution in [0.25, 0.3) is 21.8 Å². The topological polar surface area (TPSA) is 19.7 Å². The Kier molecular flexibility index (Phi) is 3.58. The quantitative estimate of drug-likeness (QED) is 0.476. The monoisotopic (exact) mass is 358 g/mol. The third-order valence-corrected chi connectivity index (χ3v) is 3.16. The van der Waals surface area contributed by atoms with E-state index in [1.807, 2.05) is 18.2 Å². The fourth-order valence-electron chi connectivity index (χ4n) is 2.06. The van der Waals surface area contributed by atoms with Crippen molar-refractivity contribution >= 4 is 33.4 Å². The third kappa shape index (κ3) is 2.13. The highest BCUT2D eigenvalue weighted by atomic mass is 127. The zero-order valence-corrected chi connectivity index (χ0v) is 12.3. The first-order chi connectivity index (χ1) is 7.78. The van der Waals surface area contributed by atoms with E-state index in [4.69, 9.17) is 11.6 Å². The van der Waals surface area contributed by atoms with Gasteiger partial charge in [0.15, 0.2) is 12.4 Å². The molecular weight excluding hydrogens is 347 g/mol. The van der Waals surface area contributed by atoms with Crippen LogP contribution in [0.3, 0.4) is 0 Å². The Hall–Kier alpha value is -0.810. The van der Waals surface area contributed by atoms with Gasteiger partial charge in [-0.05, 0) is 25.1 Å². The van der Waals surface area contributed by atoms with Gasteiger partial charge in [-0.2, -0.15) is 0 Å². The van der Waals surface area contributed by atoms with Crippen LogP contribution in [-0.2, 0) is 6.54 Å². The molecular formula is C13H12ClIN2.